The van der Waals surface area contributed by atoms with Crippen LogP contribution < -0.4 is 5.56 Å². The molecule has 3 aromatic heterocycles. The minimum Gasteiger partial charge on any atom is -0.339 e. The van der Waals surface area contributed by atoms with Crippen molar-refractivity contribution >= 4 is 16.9 Å². The average Bonchev–Trinajstić information content (AvgIpc) is 3.15. The first-order valence-electron chi connectivity index (χ1n) is 8.09. The number of H-pyrrole nitrogens is 1. The molecule has 1 fully saturated rings. The number of aromatic nitrogens is 6. The molecule has 0 aromatic carbocycles. The molecule has 7 heteroatoms. The second kappa shape index (κ2) is 5.23. The fourth-order valence-corrected chi connectivity index (χ4v) is 3.51. The van der Waals surface area contributed by atoms with Crippen molar-refractivity contribution in [1.29, 1.82) is 0 Å². The van der Waals surface area contributed by atoms with Gasteiger partial charge in [0.15, 0.2) is 17.0 Å². The third-order valence-corrected chi connectivity index (χ3v) is 4.67. The predicted octanol–water partition coefficient (Wildman–Crippen LogP) is 1.91. The number of fused-ring (bicyclic) bond motifs is 3. The predicted molar refractivity (Wildman–Crippen MR) is 82.9 cm³/mol. The summed E-state index contributed by atoms with van der Waals surface area (Å²) in [5.41, 5.74) is 0.967. The minimum atomic E-state index is -0.0842. The van der Waals surface area contributed by atoms with Gasteiger partial charge < -0.3 is 4.98 Å². The van der Waals surface area contributed by atoms with E-state index in [1.807, 2.05) is 6.92 Å². The van der Waals surface area contributed by atoms with Crippen LogP contribution in [-0.2, 0) is 13.0 Å². The van der Waals surface area contributed by atoms with Gasteiger partial charge in [0, 0.05) is 13.0 Å². The molecule has 22 heavy (non-hydrogen) atoms. The van der Waals surface area contributed by atoms with Gasteiger partial charge in [0.1, 0.15) is 0 Å². The van der Waals surface area contributed by atoms with Gasteiger partial charge in [-0.3, -0.25) is 9.36 Å². The average molecular weight is 300 g/mol. The van der Waals surface area contributed by atoms with E-state index in [4.69, 9.17) is 0 Å². The maximum absolute atomic E-state index is 12.4. The van der Waals surface area contributed by atoms with Crippen molar-refractivity contribution in [3.8, 4) is 0 Å². The lowest BCUT2D eigenvalue weighted by Crippen LogP contribution is -2.22. The molecular weight excluding hydrogens is 280 g/mol. The van der Waals surface area contributed by atoms with Crippen LogP contribution in [0.3, 0.4) is 0 Å². The van der Waals surface area contributed by atoms with Crippen molar-refractivity contribution in [2.45, 2.75) is 52.0 Å². The van der Waals surface area contributed by atoms with Crippen LogP contribution in [0.15, 0.2) is 11.1 Å². The Hall–Kier alpha value is -2.18. The molecule has 0 radical (unpaired) electrons. The van der Waals surface area contributed by atoms with Crippen molar-refractivity contribution in [3.63, 3.8) is 0 Å². The van der Waals surface area contributed by atoms with E-state index in [9.17, 15) is 4.79 Å². The molecular formula is C15H20N6O. The summed E-state index contributed by atoms with van der Waals surface area (Å²) in [6.07, 6.45) is 8.91. The molecule has 0 atom stereocenters. The van der Waals surface area contributed by atoms with Gasteiger partial charge >= 0.3 is 0 Å². The van der Waals surface area contributed by atoms with E-state index in [1.165, 1.54) is 38.4 Å². The number of hydrogen-bond acceptors (Lipinski definition) is 4. The Morgan fingerprint density at radius 1 is 1.32 bits per heavy atom. The number of aryl methyl sites for hydroxylation is 1. The number of nitrogens with one attached hydrogen (secondary N) is 1. The Bertz CT molecular complexity index is 867. The minimum absolute atomic E-state index is 0.0842. The first-order valence-corrected chi connectivity index (χ1v) is 8.09. The summed E-state index contributed by atoms with van der Waals surface area (Å²) in [5, 5.41) is 4.62. The molecule has 0 amide bonds. The van der Waals surface area contributed by atoms with Gasteiger partial charge in [-0.2, -0.15) is 9.50 Å². The van der Waals surface area contributed by atoms with Crippen LogP contribution in [0.2, 0.25) is 0 Å². The van der Waals surface area contributed by atoms with Crippen LogP contribution in [0, 0.1) is 5.92 Å². The van der Waals surface area contributed by atoms with Crippen molar-refractivity contribution in [3.05, 3.63) is 22.5 Å². The van der Waals surface area contributed by atoms with E-state index < -0.39 is 0 Å². The van der Waals surface area contributed by atoms with Crippen molar-refractivity contribution in [2.75, 3.05) is 0 Å². The summed E-state index contributed by atoms with van der Waals surface area (Å²) in [6, 6.07) is 0. The molecule has 0 unspecified atom stereocenters. The molecule has 1 N–H and O–H groups in total. The Labute approximate surface area is 127 Å². The van der Waals surface area contributed by atoms with Crippen molar-refractivity contribution in [1.82, 2.24) is 29.1 Å². The standard InChI is InChI=1S/C15H20N6O/c1-2-20-14(22)12-13(17-9-16-12)21-15(20)18-11(19-21)8-10-6-4-3-5-7-10/h9-10H,2-8H2,1H3,(H,16,17). The quantitative estimate of drug-likeness (QED) is 0.801. The maximum Gasteiger partial charge on any atom is 0.281 e. The summed E-state index contributed by atoms with van der Waals surface area (Å²) >= 11 is 0. The van der Waals surface area contributed by atoms with Gasteiger partial charge in [0.25, 0.3) is 5.56 Å². The molecule has 0 saturated heterocycles. The highest BCUT2D eigenvalue weighted by Gasteiger charge is 2.19. The number of hydrogen-bond donors (Lipinski definition) is 1. The third kappa shape index (κ3) is 2.03. The van der Waals surface area contributed by atoms with E-state index in [-0.39, 0.29) is 5.56 Å². The Balaban J connectivity index is 1.83. The molecule has 3 aromatic rings. The second-order valence-corrected chi connectivity index (χ2v) is 6.10. The van der Waals surface area contributed by atoms with E-state index in [0.717, 1.165) is 12.2 Å². The molecule has 1 aliphatic rings. The first-order chi connectivity index (χ1) is 10.8. The zero-order chi connectivity index (χ0) is 15.1. The largest absolute Gasteiger partial charge is 0.339 e. The van der Waals surface area contributed by atoms with Gasteiger partial charge in [-0.15, -0.1) is 5.10 Å². The van der Waals surface area contributed by atoms with Crippen LogP contribution in [0.4, 0.5) is 0 Å². The lowest BCUT2D eigenvalue weighted by Gasteiger charge is -2.19. The smallest absolute Gasteiger partial charge is 0.281 e. The molecule has 116 valence electrons. The van der Waals surface area contributed by atoms with E-state index >= 15 is 0 Å². The maximum atomic E-state index is 12.4. The summed E-state index contributed by atoms with van der Waals surface area (Å²) in [4.78, 5) is 24.2. The zero-order valence-corrected chi connectivity index (χ0v) is 12.7. The molecule has 0 spiro atoms. The van der Waals surface area contributed by atoms with Crippen molar-refractivity contribution in [2.24, 2.45) is 5.92 Å². The Morgan fingerprint density at radius 3 is 2.91 bits per heavy atom. The number of rotatable bonds is 3. The summed E-state index contributed by atoms with van der Waals surface area (Å²) in [7, 11) is 0. The molecule has 3 heterocycles. The van der Waals surface area contributed by atoms with Gasteiger partial charge in [-0.1, -0.05) is 32.1 Å². The van der Waals surface area contributed by atoms with Crippen molar-refractivity contribution < 1.29 is 0 Å². The van der Waals surface area contributed by atoms with Crippen LogP contribution in [-0.4, -0.2) is 29.1 Å². The highest BCUT2D eigenvalue weighted by Crippen LogP contribution is 2.26. The molecule has 0 bridgehead atoms. The Morgan fingerprint density at radius 2 is 2.14 bits per heavy atom. The molecule has 0 aliphatic heterocycles. The number of nitrogens with zero attached hydrogens (tertiary/aromatic N) is 5. The summed E-state index contributed by atoms with van der Waals surface area (Å²) < 4.78 is 3.35. The highest BCUT2D eigenvalue weighted by molar-refractivity contribution is 5.71. The topological polar surface area (TPSA) is 80.9 Å². The second-order valence-electron chi connectivity index (χ2n) is 6.10. The van der Waals surface area contributed by atoms with Crippen LogP contribution in [0.5, 0.6) is 0 Å². The fourth-order valence-electron chi connectivity index (χ4n) is 3.51. The normalized spacial score (nSPS) is 16.8. The summed E-state index contributed by atoms with van der Waals surface area (Å²) in [5.74, 6) is 2.09. The molecule has 7 nitrogen and oxygen atoms in total. The van der Waals surface area contributed by atoms with Crippen LogP contribution >= 0.6 is 0 Å². The molecule has 4 rings (SSSR count). The van der Waals surface area contributed by atoms with Gasteiger partial charge in [0.05, 0.1) is 6.33 Å². The van der Waals surface area contributed by atoms with Crippen LogP contribution in [0.1, 0.15) is 44.9 Å². The lowest BCUT2D eigenvalue weighted by atomic mass is 9.87. The SMILES string of the molecule is CCn1c(=O)c2[nH]cnc2n2nc(CC3CCCCC3)nc12. The fraction of sp³-hybridized carbons (Fsp3) is 0.600. The highest BCUT2D eigenvalue weighted by atomic mass is 16.1. The number of imidazole rings is 1. The lowest BCUT2D eigenvalue weighted by molar-refractivity contribution is 0.351. The molecule has 1 saturated carbocycles. The Kier molecular flexibility index (Phi) is 3.20. The van der Waals surface area contributed by atoms with E-state index in [2.05, 4.69) is 20.1 Å². The zero-order valence-electron chi connectivity index (χ0n) is 12.7. The monoisotopic (exact) mass is 300 g/mol. The van der Waals surface area contributed by atoms with E-state index in [1.54, 1.807) is 9.08 Å². The number of aromatic amines is 1. The first kappa shape index (κ1) is 13.5. The molecule has 1 aliphatic carbocycles. The van der Waals surface area contributed by atoms with Gasteiger partial charge in [-0.05, 0) is 12.8 Å². The summed E-state index contributed by atoms with van der Waals surface area (Å²) in [6.45, 7) is 2.51. The van der Waals surface area contributed by atoms with E-state index in [0.29, 0.717) is 29.4 Å². The van der Waals surface area contributed by atoms with Crippen LogP contribution in [0.25, 0.3) is 16.9 Å². The third-order valence-electron chi connectivity index (χ3n) is 4.67. The van der Waals surface area contributed by atoms with Gasteiger partial charge in [-0.25, -0.2) is 4.98 Å². The van der Waals surface area contributed by atoms with Gasteiger partial charge in [0.2, 0.25) is 5.78 Å².